The summed E-state index contributed by atoms with van der Waals surface area (Å²) in [5.41, 5.74) is 1.23. The minimum Gasteiger partial charge on any atom is -0.392 e. The molecular formula is C11H12O. The van der Waals surface area contributed by atoms with Crippen LogP contribution in [-0.4, -0.2) is 11.7 Å². The summed E-state index contributed by atoms with van der Waals surface area (Å²) in [5, 5.41) is 9.11. The quantitative estimate of drug-likeness (QED) is 0.577. The molecule has 0 spiro atoms. The lowest BCUT2D eigenvalue weighted by Gasteiger charge is -2.46. The summed E-state index contributed by atoms with van der Waals surface area (Å²) in [7, 11) is 0. The number of aliphatic hydroxyl groups excluding tert-OH is 1. The van der Waals surface area contributed by atoms with Gasteiger partial charge in [-0.1, -0.05) is 30.4 Å². The van der Waals surface area contributed by atoms with E-state index in [0.717, 1.165) is 5.92 Å². The van der Waals surface area contributed by atoms with Crippen molar-refractivity contribution < 1.29 is 5.11 Å². The smallest absolute Gasteiger partial charge is 0.0647 e. The van der Waals surface area contributed by atoms with Gasteiger partial charge in [-0.3, -0.25) is 0 Å². The molecule has 4 aliphatic carbocycles. The van der Waals surface area contributed by atoms with E-state index in [1.807, 2.05) is 0 Å². The van der Waals surface area contributed by atoms with Gasteiger partial charge in [0.05, 0.1) is 6.61 Å². The first-order chi connectivity index (χ1) is 5.90. The topological polar surface area (TPSA) is 20.2 Å². The first-order valence-electron chi connectivity index (χ1n) is 4.58. The normalized spacial score (nSPS) is 46.9. The van der Waals surface area contributed by atoms with E-state index in [9.17, 15) is 0 Å². The zero-order valence-electron chi connectivity index (χ0n) is 6.85. The van der Waals surface area contributed by atoms with Crippen LogP contribution in [0.25, 0.3) is 0 Å². The van der Waals surface area contributed by atoms with E-state index in [1.165, 1.54) is 5.57 Å². The Bertz CT molecular complexity index is 298. The van der Waals surface area contributed by atoms with Crippen molar-refractivity contribution >= 4 is 0 Å². The van der Waals surface area contributed by atoms with Crippen LogP contribution in [0.5, 0.6) is 0 Å². The third kappa shape index (κ3) is 0.632. The number of aliphatic hydroxyl groups is 1. The van der Waals surface area contributed by atoms with Gasteiger partial charge >= 0.3 is 0 Å². The van der Waals surface area contributed by atoms with E-state index in [4.69, 9.17) is 5.11 Å². The highest BCUT2D eigenvalue weighted by atomic mass is 16.3. The highest BCUT2D eigenvalue weighted by Gasteiger charge is 2.42. The van der Waals surface area contributed by atoms with Crippen LogP contribution < -0.4 is 0 Å². The van der Waals surface area contributed by atoms with Gasteiger partial charge < -0.3 is 5.11 Å². The number of hydrogen-bond acceptors (Lipinski definition) is 1. The third-order valence-corrected chi connectivity index (χ3v) is 3.42. The Morgan fingerprint density at radius 2 is 1.92 bits per heavy atom. The molecule has 0 aromatic heterocycles. The lowest BCUT2D eigenvalue weighted by molar-refractivity contribution is 0.242. The molecule has 0 heterocycles. The summed E-state index contributed by atoms with van der Waals surface area (Å²) >= 11 is 0. The van der Waals surface area contributed by atoms with Crippen molar-refractivity contribution in [2.45, 2.75) is 0 Å². The van der Waals surface area contributed by atoms with Crippen molar-refractivity contribution in [3.63, 3.8) is 0 Å². The molecule has 0 saturated carbocycles. The fourth-order valence-electron chi connectivity index (χ4n) is 2.67. The fourth-order valence-corrected chi connectivity index (χ4v) is 2.67. The molecule has 4 rings (SSSR count). The predicted octanol–water partition coefficient (Wildman–Crippen LogP) is 1.52. The first kappa shape index (κ1) is 6.67. The summed E-state index contributed by atoms with van der Waals surface area (Å²) < 4.78 is 0. The van der Waals surface area contributed by atoms with Gasteiger partial charge in [-0.15, -0.1) is 0 Å². The first-order valence-corrected chi connectivity index (χ1v) is 4.58. The van der Waals surface area contributed by atoms with Gasteiger partial charge in [-0.05, 0) is 17.4 Å². The zero-order chi connectivity index (χ0) is 8.13. The molecule has 0 saturated heterocycles. The number of allylic oxidation sites excluding steroid dienone is 5. The standard InChI is InChI=1S/C11H12O/c12-6-8-5-7-1-2-10(8)11-4-3-9(7)11/h1-5,7,9-12H,6H2/t7-,9+,10+,11-/m0/s1. The molecule has 1 N–H and O–H groups in total. The molecule has 4 aliphatic rings. The molecule has 4 atom stereocenters. The van der Waals surface area contributed by atoms with Crippen LogP contribution in [0.4, 0.5) is 0 Å². The van der Waals surface area contributed by atoms with Crippen LogP contribution in [0.15, 0.2) is 36.0 Å². The van der Waals surface area contributed by atoms with E-state index >= 15 is 0 Å². The maximum Gasteiger partial charge on any atom is 0.0647 e. The molecular weight excluding hydrogens is 148 g/mol. The van der Waals surface area contributed by atoms with E-state index in [-0.39, 0.29) is 6.61 Å². The zero-order valence-corrected chi connectivity index (χ0v) is 6.85. The van der Waals surface area contributed by atoms with Crippen molar-refractivity contribution in [3.8, 4) is 0 Å². The highest BCUT2D eigenvalue weighted by molar-refractivity contribution is 5.37. The summed E-state index contributed by atoms with van der Waals surface area (Å²) in [5.74, 6) is 2.53. The van der Waals surface area contributed by atoms with Crippen molar-refractivity contribution in [3.05, 3.63) is 36.0 Å². The van der Waals surface area contributed by atoms with E-state index in [2.05, 4.69) is 30.4 Å². The summed E-state index contributed by atoms with van der Waals surface area (Å²) in [6, 6.07) is 0. The predicted molar refractivity (Wildman–Crippen MR) is 47.4 cm³/mol. The molecule has 1 nitrogen and oxygen atoms in total. The number of rotatable bonds is 1. The monoisotopic (exact) mass is 160 g/mol. The second-order valence-electron chi connectivity index (χ2n) is 3.93. The van der Waals surface area contributed by atoms with Gasteiger partial charge in [0.1, 0.15) is 0 Å². The number of hydrogen-bond donors (Lipinski definition) is 1. The second kappa shape index (κ2) is 2.11. The van der Waals surface area contributed by atoms with E-state index in [0.29, 0.717) is 17.8 Å². The average Bonchev–Trinajstić information content (AvgIpc) is 2.04. The van der Waals surface area contributed by atoms with Gasteiger partial charge in [-0.2, -0.15) is 0 Å². The Kier molecular flexibility index (Phi) is 1.17. The van der Waals surface area contributed by atoms with Gasteiger partial charge in [0.25, 0.3) is 0 Å². The van der Waals surface area contributed by atoms with Gasteiger partial charge in [0.15, 0.2) is 0 Å². The third-order valence-electron chi connectivity index (χ3n) is 3.42. The molecule has 2 bridgehead atoms. The Morgan fingerprint density at radius 3 is 2.50 bits per heavy atom. The fraction of sp³-hybridized carbons (Fsp3) is 0.455. The maximum atomic E-state index is 9.11. The minimum absolute atomic E-state index is 0.239. The molecule has 0 aromatic carbocycles. The molecule has 0 unspecified atom stereocenters. The lowest BCUT2D eigenvalue weighted by Crippen LogP contribution is -2.39. The SMILES string of the molecule is OCC1=C[C@@H]2C=C[C@H]1[C@H]1C=C[C@H]21. The Morgan fingerprint density at radius 1 is 1.08 bits per heavy atom. The van der Waals surface area contributed by atoms with Crippen molar-refractivity contribution in [2.24, 2.45) is 23.7 Å². The molecule has 1 heteroatoms. The maximum absolute atomic E-state index is 9.11. The van der Waals surface area contributed by atoms with Gasteiger partial charge in [0, 0.05) is 11.8 Å². The Balaban J connectivity index is 2.03. The largest absolute Gasteiger partial charge is 0.392 e. The van der Waals surface area contributed by atoms with Crippen LogP contribution in [0.3, 0.4) is 0 Å². The van der Waals surface area contributed by atoms with E-state index < -0.39 is 0 Å². The van der Waals surface area contributed by atoms with Gasteiger partial charge in [-0.25, -0.2) is 0 Å². The van der Waals surface area contributed by atoms with Crippen LogP contribution in [0.2, 0.25) is 0 Å². The van der Waals surface area contributed by atoms with Crippen molar-refractivity contribution in [1.29, 1.82) is 0 Å². The lowest BCUT2D eigenvalue weighted by atomic mass is 9.58. The second-order valence-corrected chi connectivity index (χ2v) is 3.93. The molecule has 0 amide bonds. The van der Waals surface area contributed by atoms with Crippen LogP contribution in [-0.2, 0) is 0 Å². The summed E-state index contributed by atoms with van der Waals surface area (Å²) in [4.78, 5) is 0. The molecule has 0 aliphatic heterocycles. The summed E-state index contributed by atoms with van der Waals surface area (Å²) in [6.07, 6.45) is 11.4. The van der Waals surface area contributed by atoms with Crippen LogP contribution >= 0.6 is 0 Å². The highest BCUT2D eigenvalue weighted by Crippen LogP contribution is 2.49. The Labute approximate surface area is 72.1 Å². The van der Waals surface area contributed by atoms with Crippen molar-refractivity contribution in [2.75, 3.05) is 6.61 Å². The minimum atomic E-state index is 0.239. The molecule has 0 aromatic rings. The molecule has 0 radical (unpaired) electrons. The van der Waals surface area contributed by atoms with E-state index in [1.54, 1.807) is 0 Å². The molecule has 62 valence electrons. The van der Waals surface area contributed by atoms with Crippen LogP contribution in [0, 0.1) is 23.7 Å². The van der Waals surface area contributed by atoms with Gasteiger partial charge in [0.2, 0.25) is 0 Å². The molecule has 12 heavy (non-hydrogen) atoms. The van der Waals surface area contributed by atoms with Crippen LogP contribution in [0.1, 0.15) is 0 Å². The Hall–Kier alpha value is -0.820. The van der Waals surface area contributed by atoms with Crippen molar-refractivity contribution in [1.82, 2.24) is 0 Å². The summed E-state index contributed by atoms with van der Waals surface area (Å²) in [6.45, 7) is 0.239. The molecule has 0 fully saturated rings. The average molecular weight is 160 g/mol.